The Kier molecular flexibility index (Phi) is 2.62. The van der Waals surface area contributed by atoms with Gasteiger partial charge in [-0.3, -0.25) is 4.98 Å². The number of rotatable bonds is 3. The molecule has 4 nitrogen and oxygen atoms in total. The monoisotopic (exact) mass is 245 g/mol. The molecule has 0 atom stereocenters. The molecule has 1 N–H and O–H groups in total. The summed E-state index contributed by atoms with van der Waals surface area (Å²) in [5.41, 5.74) is 3.64. The number of fused-ring (bicyclic) bond motifs is 1. The molecule has 0 aliphatic rings. The number of aliphatic hydroxyl groups is 1. The minimum atomic E-state index is 0.0396. The van der Waals surface area contributed by atoms with Crippen LogP contribution in [0.1, 0.15) is 10.4 Å². The predicted molar refractivity (Wildman–Crippen MR) is 66.9 cm³/mol. The zero-order valence-electron chi connectivity index (χ0n) is 9.08. The smallest absolute Gasteiger partial charge is 0.140 e. The molecule has 3 rings (SSSR count). The molecule has 0 spiro atoms. The van der Waals surface area contributed by atoms with Crippen LogP contribution in [0.2, 0.25) is 0 Å². The summed E-state index contributed by atoms with van der Waals surface area (Å²) in [5, 5.41) is 10.3. The lowest BCUT2D eigenvalue weighted by Crippen LogP contribution is -1.96. The van der Waals surface area contributed by atoms with Crippen LogP contribution in [0.5, 0.6) is 0 Å². The van der Waals surface area contributed by atoms with Gasteiger partial charge in [-0.1, -0.05) is 0 Å². The zero-order valence-corrected chi connectivity index (χ0v) is 9.89. The Morgan fingerprint density at radius 1 is 1.41 bits per heavy atom. The fourth-order valence-corrected chi connectivity index (χ4v) is 2.52. The predicted octanol–water partition coefficient (Wildman–Crippen LogP) is 2.03. The van der Waals surface area contributed by atoms with Crippen LogP contribution in [-0.4, -0.2) is 19.6 Å². The lowest BCUT2D eigenvalue weighted by molar-refractivity contribution is 0.283. The van der Waals surface area contributed by atoms with Crippen molar-refractivity contribution in [1.29, 1.82) is 0 Å². The molecule has 0 amide bonds. The normalized spacial score (nSPS) is 11.1. The minimum Gasteiger partial charge on any atom is -0.392 e. The second-order valence-corrected chi connectivity index (χ2v) is 4.75. The molecule has 0 radical (unpaired) electrons. The Balaban J connectivity index is 2.10. The standard InChI is InChI=1S/C12H11N3OS/c16-7-9-5-15(6-10-4-13-8-17-10)12-11(9)2-1-3-14-12/h1-5,8,16H,6-7H2. The van der Waals surface area contributed by atoms with Gasteiger partial charge in [-0.15, -0.1) is 11.3 Å². The summed E-state index contributed by atoms with van der Waals surface area (Å²) in [5.74, 6) is 0. The van der Waals surface area contributed by atoms with E-state index in [1.807, 2.05) is 30.0 Å². The molecule has 3 aromatic heterocycles. The van der Waals surface area contributed by atoms with Crippen molar-refractivity contribution in [3.8, 4) is 0 Å². The van der Waals surface area contributed by atoms with Gasteiger partial charge in [0.25, 0.3) is 0 Å². The number of aliphatic hydroxyl groups excluding tert-OH is 1. The van der Waals surface area contributed by atoms with E-state index in [9.17, 15) is 5.11 Å². The van der Waals surface area contributed by atoms with Gasteiger partial charge < -0.3 is 9.67 Å². The third-order valence-electron chi connectivity index (χ3n) is 2.70. The van der Waals surface area contributed by atoms with Crippen molar-refractivity contribution in [1.82, 2.24) is 14.5 Å². The van der Waals surface area contributed by atoms with Crippen molar-refractivity contribution in [3.63, 3.8) is 0 Å². The van der Waals surface area contributed by atoms with Crippen molar-refractivity contribution in [3.05, 3.63) is 46.7 Å². The summed E-state index contributed by atoms with van der Waals surface area (Å²) in [6, 6.07) is 3.87. The molecule has 86 valence electrons. The molecule has 0 saturated carbocycles. The first kappa shape index (κ1) is 10.4. The van der Waals surface area contributed by atoms with Gasteiger partial charge in [0.2, 0.25) is 0 Å². The molecule has 0 fully saturated rings. The molecule has 0 aromatic carbocycles. The highest BCUT2D eigenvalue weighted by molar-refractivity contribution is 7.09. The van der Waals surface area contributed by atoms with Gasteiger partial charge in [0.15, 0.2) is 0 Å². The van der Waals surface area contributed by atoms with E-state index in [-0.39, 0.29) is 6.61 Å². The first-order valence-corrected chi connectivity index (χ1v) is 6.17. The van der Waals surface area contributed by atoms with Crippen molar-refractivity contribution in [2.75, 3.05) is 0 Å². The van der Waals surface area contributed by atoms with Crippen LogP contribution in [0.4, 0.5) is 0 Å². The minimum absolute atomic E-state index is 0.0396. The fraction of sp³-hybridized carbons (Fsp3) is 0.167. The maximum atomic E-state index is 9.32. The molecule has 3 heterocycles. The summed E-state index contributed by atoms with van der Waals surface area (Å²) < 4.78 is 2.05. The van der Waals surface area contributed by atoms with E-state index in [0.717, 1.165) is 23.1 Å². The fourth-order valence-electron chi connectivity index (χ4n) is 1.93. The maximum absolute atomic E-state index is 9.32. The Morgan fingerprint density at radius 2 is 2.35 bits per heavy atom. The average molecular weight is 245 g/mol. The zero-order chi connectivity index (χ0) is 11.7. The Bertz CT molecular complexity index is 630. The van der Waals surface area contributed by atoms with Gasteiger partial charge >= 0.3 is 0 Å². The topological polar surface area (TPSA) is 50.9 Å². The molecular weight excluding hydrogens is 234 g/mol. The summed E-state index contributed by atoms with van der Waals surface area (Å²) in [6.45, 7) is 0.788. The second-order valence-electron chi connectivity index (χ2n) is 3.78. The van der Waals surface area contributed by atoms with Crippen molar-refractivity contribution in [2.45, 2.75) is 13.2 Å². The van der Waals surface area contributed by atoms with E-state index in [1.54, 1.807) is 17.5 Å². The lowest BCUT2D eigenvalue weighted by atomic mass is 10.2. The first-order valence-electron chi connectivity index (χ1n) is 5.29. The quantitative estimate of drug-likeness (QED) is 0.768. The van der Waals surface area contributed by atoms with Crippen LogP contribution in [0.25, 0.3) is 11.0 Å². The maximum Gasteiger partial charge on any atom is 0.140 e. The third kappa shape index (κ3) is 1.83. The highest BCUT2D eigenvalue weighted by atomic mass is 32.1. The van der Waals surface area contributed by atoms with E-state index < -0.39 is 0 Å². The van der Waals surface area contributed by atoms with Crippen LogP contribution in [-0.2, 0) is 13.2 Å². The molecule has 0 unspecified atom stereocenters. The summed E-state index contributed by atoms with van der Waals surface area (Å²) in [6.07, 6.45) is 5.59. The summed E-state index contributed by atoms with van der Waals surface area (Å²) in [7, 11) is 0. The molecule has 17 heavy (non-hydrogen) atoms. The highest BCUT2D eigenvalue weighted by Crippen LogP contribution is 2.21. The van der Waals surface area contributed by atoms with Crippen LogP contribution in [0, 0.1) is 0 Å². The molecule has 5 heteroatoms. The van der Waals surface area contributed by atoms with Crippen molar-refractivity contribution < 1.29 is 5.11 Å². The number of hydrogen-bond acceptors (Lipinski definition) is 4. The van der Waals surface area contributed by atoms with Gasteiger partial charge in [0, 0.05) is 34.4 Å². The Hall–Kier alpha value is -1.72. The van der Waals surface area contributed by atoms with Crippen LogP contribution in [0.15, 0.2) is 36.2 Å². The van der Waals surface area contributed by atoms with Crippen LogP contribution < -0.4 is 0 Å². The molecule has 0 saturated heterocycles. The first-order chi connectivity index (χ1) is 8.38. The van der Waals surface area contributed by atoms with E-state index in [2.05, 4.69) is 14.5 Å². The van der Waals surface area contributed by atoms with E-state index in [4.69, 9.17) is 0 Å². The third-order valence-corrected chi connectivity index (χ3v) is 3.46. The number of pyridine rings is 1. The number of nitrogens with zero attached hydrogens (tertiary/aromatic N) is 3. The van der Waals surface area contributed by atoms with E-state index >= 15 is 0 Å². The van der Waals surface area contributed by atoms with Gasteiger partial charge in [-0.2, -0.15) is 0 Å². The van der Waals surface area contributed by atoms with E-state index in [0.29, 0.717) is 0 Å². The summed E-state index contributed by atoms with van der Waals surface area (Å²) in [4.78, 5) is 9.60. The highest BCUT2D eigenvalue weighted by Gasteiger charge is 2.09. The van der Waals surface area contributed by atoms with E-state index in [1.165, 1.54) is 4.88 Å². The number of thiazole rings is 1. The Morgan fingerprint density at radius 3 is 3.12 bits per heavy atom. The van der Waals surface area contributed by atoms with Gasteiger partial charge in [-0.05, 0) is 12.1 Å². The van der Waals surface area contributed by atoms with Crippen LogP contribution >= 0.6 is 11.3 Å². The average Bonchev–Trinajstić information content (AvgIpc) is 2.98. The van der Waals surface area contributed by atoms with Gasteiger partial charge in [-0.25, -0.2) is 4.98 Å². The lowest BCUT2D eigenvalue weighted by Gasteiger charge is -2.00. The molecule has 0 aliphatic heterocycles. The molecule has 0 aliphatic carbocycles. The van der Waals surface area contributed by atoms with Crippen LogP contribution in [0.3, 0.4) is 0 Å². The Labute approximate surface area is 102 Å². The van der Waals surface area contributed by atoms with Crippen molar-refractivity contribution in [2.24, 2.45) is 0 Å². The van der Waals surface area contributed by atoms with Gasteiger partial charge in [0.05, 0.1) is 18.7 Å². The number of hydrogen-bond donors (Lipinski definition) is 1. The van der Waals surface area contributed by atoms with Crippen molar-refractivity contribution >= 4 is 22.4 Å². The largest absolute Gasteiger partial charge is 0.392 e. The SMILES string of the molecule is OCc1cn(Cc2cncs2)c2ncccc12. The molecular formula is C12H11N3OS. The number of aromatic nitrogens is 3. The molecule has 0 bridgehead atoms. The second kappa shape index (κ2) is 4.27. The summed E-state index contributed by atoms with van der Waals surface area (Å²) >= 11 is 1.62. The molecule has 3 aromatic rings. The van der Waals surface area contributed by atoms with Gasteiger partial charge in [0.1, 0.15) is 5.65 Å².